The third-order valence-corrected chi connectivity index (χ3v) is 4.06. The Morgan fingerprint density at radius 2 is 1.90 bits per heavy atom. The van der Waals surface area contributed by atoms with Crippen molar-refractivity contribution in [3.63, 3.8) is 0 Å². The van der Waals surface area contributed by atoms with Gasteiger partial charge in [-0.15, -0.1) is 0 Å². The summed E-state index contributed by atoms with van der Waals surface area (Å²) in [6, 6.07) is 8.07. The zero-order chi connectivity index (χ0) is 13.9. The van der Waals surface area contributed by atoms with E-state index in [0.29, 0.717) is 0 Å². The lowest BCUT2D eigenvalue weighted by atomic mass is 10.2. The Morgan fingerprint density at radius 3 is 2.60 bits per heavy atom. The third kappa shape index (κ3) is 2.75. The van der Waals surface area contributed by atoms with Crippen molar-refractivity contribution in [2.45, 2.75) is 18.3 Å². The van der Waals surface area contributed by atoms with Crippen LogP contribution in [-0.4, -0.2) is 63.6 Å². The molecule has 1 fully saturated rings. The molecule has 3 rings (SSSR count). The molecule has 2 aliphatic heterocycles. The molecule has 5 nitrogen and oxygen atoms in total. The van der Waals surface area contributed by atoms with E-state index in [-0.39, 0.29) is 18.3 Å². The van der Waals surface area contributed by atoms with Crippen molar-refractivity contribution in [1.82, 2.24) is 4.90 Å². The first kappa shape index (κ1) is 13.7. The Balaban J connectivity index is 1.58. The molecule has 0 saturated carbocycles. The molecular formula is C15H22N2O3. The lowest BCUT2D eigenvalue weighted by Gasteiger charge is -2.30. The highest BCUT2D eigenvalue weighted by molar-refractivity contribution is 5.57. The van der Waals surface area contributed by atoms with Gasteiger partial charge in [-0.05, 0) is 12.1 Å². The molecule has 0 aliphatic carbocycles. The zero-order valence-electron chi connectivity index (χ0n) is 12.0. The number of para-hydroxylation sites is 2. The number of methoxy groups -OCH3 is 2. The predicted molar refractivity (Wildman–Crippen MR) is 77.4 cm³/mol. The van der Waals surface area contributed by atoms with Gasteiger partial charge in [0.15, 0.2) is 0 Å². The van der Waals surface area contributed by atoms with Crippen LogP contribution in [0.25, 0.3) is 0 Å². The van der Waals surface area contributed by atoms with E-state index < -0.39 is 0 Å². The molecule has 20 heavy (non-hydrogen) atoms. The molecule has 1 saturated heterocycles. The van der Waals surface area contributed by atoms with Crippen LogP contribution in [0, 0.1) is 0 Å². The number of fused-ring (bicyclic) bond motifs is 1. The van der Waals surface area contributed by atoms with Crippen molar-refractivity contribution >= 4 is 5.69 Å². The first-order valence-corrected chi connectivity index (χ1v) is 7.07. The van der Waals surface area contributed by atoms with Crippen molar-refractivity contribution in [1.29, 1.82) is 0 Å². The smallest absolute Gasteiger partial charge is 0.142 e. The monoisotopic (exact) mass is 278 g/mol. The van der Waals surface area contributed by atoms with E-state index in [1.807, 2.05) is 24.3 Å². The largest absolute Gasteiger partial charge is 0.485 e. The summed E-state index contributed by atoms with van der Waals surface area (Å²) >= 11 is 0. The molecule has 1 N–H and O–H groups in total. The van der Waals surface area contributed by atoms with E-state index in [0.717, 1.165) is 37.6 Å². The van der Waals surface area contributed by atoms with Crippen molar-refractivity contribution in [2.24, 2.45) is 0 Å². The van der Waals surface area contributed by atoms with Crippen molar-refractivity contribution in [3.8, 4) is 5.75 Å². The summed E-state index contributed by atoms with van der Waals surface area (Å²) in [5.74, 6) is 0.939. The van der Waals surface area contributed by atoms with Gasteiger partial charge >= 0.3 is 0 Å². The van der Waals surface area contributed by atoms with Crippen LogP contribution in [0.3, 0.4) is 0 Å². The maximum absolute atomic E-state index is 6.05. The first-order chi connectivity index (χ1) is 9.80. The van der Waals surface area contributed by atoms with Gasteiger partial charge in [0.1, 0.15) is 11.9 Å². The first-order valence-electron chi connectivity index (χ1n) is 7.07. The summed E-state index contributed by atoms with van der Waals surface area (Å²) in [5, 5.41) is 3.42. The van der Waals surface area contributed by atoms with Gasteiger partial charge in [0, 0.05) is 33.9 Å². The highest BCUT2D eigenvalue weighted by Gasteiger charge is 2.34. The second-order valence-corrected chi connectivity index (χ2v) is 5.38. The molecule has 3 unspecified atom stereocenters. The number of nitrogens with one attached hydrogen (secondary N) is 1. The standard InChI is InChI=1S/C15H22N2O3/c1-18-14-9-17(10-15(14)19-2)8-11-7-16-12-5-3-4-6-13(12)20-11/h3-6,11,14-16H,7-10H2,1-2H3. The highest BCUT2D eigenvalue weighted by Crippen LogP contribution is 2.28. The number of hydrogen-bond acceptors (Lipinski definition) is 5. The molecule has 2 aliphatic rings. The second-order valence-electron chi connectivity index (χ2n) is 5.38. The fourth-order valence-electron chi connectivity index (χ4n) is 2.97. The maximum Gasteiger partial charge on any atom is 0.142 e. The lowest BCUT2D eigenvalue weighted by molar-refractivity contribution is -0.00461. The number of hydrogen-bond donors (Lipinski definition) is 1. The summed E-state index contributed by atoms with van der Waals surface area (Å²) in [5.41, 5.74) is 1.08. The average molecular weight is 278 g/mol. The van der Waals surface area contributed by atoms with E-state index >= 15 is 0 Å². The minimum atomic E-state index is 0.156. The molecule has 0 spiro atoms. The Kier molecular flexibility index (Phi) is 4.10. The highest BCUT2D eigenvalue weighted by atomic mass is 16.5. The van der Waals surface area contributed by atoms with Crippen LogP contribution in [0.2, 0.25) is 0 Å². The summed E-state index contributed by atoms with van der Waals surface area (Å²) in [4.78, 5) is 2.35. The SMILES string of the molecule is COC1CN(CC2CNc3ccccc3O2)CC1OC. The van der Waals surface area contributed by atoms with Crippen molar-refractivity contribution in [3.05, 3.63) is 24.3 Å². The Labute approximate surface area is 119 Å². The fourth-order valence-corrected chi connectivity index (χ4v) is 2.97. The van der Waals surface area contributed by atoms with Gasteiger partial charge in [-0.25, -0.2) is 0 Å². The summed E-state index contributed by atoms with van der Waals surface area (Å²) < 4.78 is 17.0. The summed E-state index contributed by atoms with van der Waals surface area (Å²) in [7, 11) is 3.49. The number of likely N-dealkylation sites (tertiary alicyclic amines) is 1. The van der Waals surface area contributed by atoms with Gasteiger partial charge in [0.2, 0.25) is 0 Å². The van der Waals surface area contributed by atoms with E-state index in [1.165, 1.54) is 0 Å². The maximum atomic E-state index is 6.05. The zero-order valence-corrected chi connectivity index (χ0v) is 12.0. The molecule has 5 heteroatoms. The lowest BCUT2D eigenvalue weighted by Crippen LogP contribution is -2.41. The van der Waals surface area contributed by atoms with Crippen LogP contribution in [0.1, 0.15) is 0 Å². The van der Waals surface area contributed by atoms with Crippen LogP contribution < -0.4 is 10.1 Å². The Morgan fingerprint density at radius 1 is 1.20 bits per heavy atom. The number of benzene rings is 1. The second kappa shape index (κ2) is 5.99. The number of anilines is 1. The van der Waals surface area contributed by atoms with E-state index in [1.54, 1.807) is 14.2 Å². The minimum absolute atomic E-state index is 0.156. The molecule has 110 valence electrons. The minimum Gasteiger partial charge on any atom is -0.485 e. The molecule has 0 amide bonds. The number of rotatable bonds is 4. The number of ether oxygens (including phenoxy) is 3. The molecule has 0 aromatic heterocycles. The predicted octanol–water partition coefficient (Wildman–Crippen LogP) is 1.21. The molecular weight excluding hydrogens is 256 g/mol. The van der Waals surface area contributed by atoms with E-state index in [2.05, 4.69) is 10.2 Å². The molecule has 0 radical (unpaired) electrons. The van der Waals surface area contributed by atoms with E-state index in [4.69, 9.17) is 14.2 Å². The quantitative estimate of drug-likeness (QED) is 0.896. The Hall–Kier alpha value is -1.30. The van der Waals surface area contributed by atoms with Gasteiger partial charge in [-0.1, -0.05) is 12.1 Å². The van der Waals surface area contributed by atoms with Crippen LogP contribution in [0.4, 0.5) is 5.69 Å². The average Bonchev–Trinajstić information content (AvgIpc) is 2.89. The van der Waals surface area contributed by atoms with Gasteiger partial charge in [0.25, 0.3) is 0 Å². The third-order valence-electron chi connectivity index (χ3n) is 4.06. The molecule has 3 atom stereocenters. The number of nitrogens with zero attached hydrogens (tertiary/aromatic N) is 1. The van der Waals surface area contributed by atoms with Gasteiger partial charge in [-0.3, -0.25) is 4.90 Å². The van der Waals surface area contributed by atoms with Crippen molar-refractivity contribution < 1.29 is 14.2 Å². The normalized spacial score (nSPS) is 29.6. The Bertz CT molecular complexity index is 442. The van der Waals surface area contributed by atoms with Crippen LogP contribution >= 0.6 is 0 Å². The van der Waals surface area contributed by atoms with Crippen LogP contribution in [0.15, 0.2) is 24.3 Å². The molecule has 1 aromatic rings. The summed E-state index contributed by atoms with van der Waals surface area (Å²) in [6.07, 6.45) is 0.477. The molecule has 2 heterocycles. The van der Waals surface area contributed by atoms with Gasteiger partial charge in [0.05, 0.1) is 24.4 Å². The van der Waals surface area contributed by atoms with E-state index in [9.17, 15) is 0 Å². The topological polar surface area (TPSA) is 43.0 Å². The molecule has 0 bridgehead atoms. The van der Waals surface area contributed by atoms with Crippen LogP contribution in [0.5, 0.6) is 5.75 Å². The fraction of sp³-hybridized carbons (Fsp3) is 0.600. The van der Waals surface area contributed by atoms with Crippen LogP contribution in [-0.2, 0) is 9.47 Å². The van der Waals surface area contributed by atoms with Gasteiger partial charge in [-0.2, -0.15) is 0 Å². The summed E-state index contributed by atoms with van der Waals surface area (Å²) in [6.45, 7) is 3.52. The van der Waals surface area contributed by atoms with Crippen molar-refractivity contribution in [2.75, 3.05) is 45.7 Å². The molecule has 1 aromatic carbocycles. The van der Waals surface area contributed by atoms with Gasteiger partial charge < -0.3 is 19.5 Å².